The van der Waals surface area contributed by atoms with E-state index in [0.29, 0.717) is 12.5 Å². The Labute approximate surface area is 127 Å². The first-order chi connectivity index (χ1) is 10.4. The van der Waals surface area contributed by atoms with Gasteiger partial charge in [0.25, 0.3) is 0 Å². The third-order valence-electron chi connectivity index (χ3n) is 3.82. The van der Waals surface area contributed by atoms with E-state index in [4.69, 9.17) is 5.21 Å². The van der Waals surface area contributed by atoms with Crippen LogP contribution in [0, 0.1) is 0 Å². The van der Waals surface area contributed by atoms with Crippen molar-refractivity contribution in [2.24, 2.45) is 0 Å². The van der Waals surface area contributed by atoms with Crippen molar-refractivity contribution in [3.8, 4) is 0 Å². The fourth-order valence-electron chi connectivity index (χ4n) is 2.70. The molecule has 1 aromatic heterocycles. The summed E-state index contributed by atoms with van der Waals surface area (Å²) in [4.78, 5) is 4.26. The number of rotatable bonds is 9. The second kappa shape index (κ2) is 9.27. The van der Waals surface area contributed by atoms with Gasteiger partial charge in [0.2, 0.25) is 0 Å². The fourth-order valence-corrected chi connectivity index (χ4v) is 2.70. The molecule has 3 heteroatoms. The summed E-state index contributed by atoms with van der Waals surface area (Å²) in [6.45, 7) is 0.685. The van der Waals surface area contributed by atoms with Crippen LogP contribution in [-0.2, 0) is 0 Å². The predicted molar refractivity (Wildman–Crippen MR) is 85.4 cm³/mol. The molecule has 0 bridgehead atoms. The first-order valence-electron chi connectivity index (χ1n) is 7.73. The highest BCUT2D eigenvalue weighted by molar-refractivity contribution is 5.30. The molecule has 3 nitrogen and oxygen atoms in total. The van der Waals surface area contributed by atoms with E-state index in [1.807, 2.05) is 18.5 Å². The number of nitrogens with zero attached hydrogens (tertiary/aromatic N) is 1. The van der Waals surface area contributed by atoms with Crippen LogP contribution in [0.5, 0.6) is 0 Å². The lowest BCUT2D eigenvalue weighted by molar-refractivity contribution is 0.164. The standard InChI is InChI=1S/C18H24N2O/c21-20-14-7-2-1-6-12-18(16-9-4-3-5-10-16)17-11-8-13-19-15-17/h3-5,8-11,13,15,18,20-21H,1-2,6-7,12,14H2. The number of hydrogen-bond donors (Lipinski definition) is 2. The smallest absolute Gasteiger partial charge is 0.0306 e. The second-order valence-corrected chi connectivity index (χ2v) is 5.36. The van der Waals surface area contributed by atoms with Crippen molar-refractivity contribution in [3.63, 3.8) is 0 Å². The second-order valence-electron chi connectivity index (χ2n) is 5.36. The van der Waals surface area contributed by atoms with Crippen LogP contribution in [0.4, 0.5) is 0 Å². The van der Waals surface area contributed by atoms with E-state index in [1.165, 1.54) is 24.0 Å². The quantitative estimate of drug-likeness (QED) is 0.537. The maximum Gasteiger partial charge on any atom is 0.0306 e. The van der Waals surface area contributed by atoms with Gasteiger partial charge in [-0.25, -0.2) is 5.48 Å². The van der Waals surface area contributed by atoms with Gasteiger partial charge in [-0.1, -0.05) is 55.7 Å². The van der Waals surface area contributed by atoms with Crippen LogP contribution in [-0.4, -0.2) is 16.7 Å². The third-order valence-corrected chi connectivity index (χ3v) is 3.82. The summed E-state index contributed by atoms with van der Waals surface area (Å²) in [5, 5.41) is 8.55. The van der Waals surface area contributed by atoms with Gasteiger partial charge in [-0.2, -0.15) is 0 Å². The number of benzene rings is 1. The summed E-state index contributed by atoms with van der Waals surface area (Å²) >= 11 is 0. The van der Waals surface area contributed by atoms with Crippen LogP contribution in [0.1, 0.15) is 49.1 Å². The van der Waals surface area contributed by atoms with Gasteiger partial charge < -0.3 is 5.21 Å². The van der Waals surface area contributed by atoms with Gasteiger partial charge in [-0.3, -0.25) is 4.98 Å². The Balaban J connectivity index is 1.94. The molecule has 2 N–H and O–H groups in total. The molecule has 0 aliphatic rings. The maximum atomic E-state index is 8.55. The van der Waals surface area contributed by atoms with Gasteiger partial charge in [0.1, 0.15) is 0 Å². The van der Waals surface area contributed by atoms with Gasteiger partial charge in [0.05, 0.1) is 0 Å². The van der Waals surface area contributed by atoms with Crippen molar-refractivity contribution in [2.45, 2.75) is 38.0 Å². The first kappa shape index (κ1) is 15.7. The third kappa shape index (κ3) is 5.29. The maximum absolute atomic E-state index is 8.55. The van der Waals surface area contributed by atoms with Gasteiger partial charge in [-0.15, -0.1) is 0 Å². The normalized spacial score (nSPS) is 12.2. The van der Waals surface area contributed by atoms with E-state index >= 15 is 0 Å². The van der Waals surface area contributed by atoms with E-state index in [-0.39, 0.29) is 0 Å². The monoisotopic (exact) mass is 284 g/mol. The zero-order valence-electron chi connectivity index (χ0n) is 12.4. The Bertz CT molecular complexity index is 448. The van der Waals surface area contributed by atoms with E-state index in [2.05, 4.69) is 46.9 Å². The molecule has 0 aliphatic heterocycles. The minimum atomic E-state index is 0.427. The molecule has 1 heterocycles. The molecular weight excluding hydrogens is 260 g/mol. The lowest BCUT2D eigenvalue weighted by atomic mass is 9.87. The highest BCUT2D eigenvalue weighted by atomic mass is 16.5. The molecule has 2 rings (SSSR count). The summed E-state index contributed by atoms with van der Waals surface area (Å²) < 4.78 is 0. The van der Waals surface area contributed by atoms with Crippen molar-refractivity contribution in [3.05, 3.63) is 66.0 Å². The SMILES string of the molecule is ONCCCCCCC(c1ccccc1)c1cccnc1. The van der Waals surface area contributed by atoms with Crippen LogP contribution in [0.2, 0.25) is 0 Å². The Hall–Kier alpha value is -1.71. The lowest BCUT2D eigenvalue weighted by Gasteiger charge is -2.17. The van der Waals surface area contributed by atoms with E-state index < -0.39 is 0 Å². The topological polar surface area (TPSA) is 45.1 Å². The highest BCUT2D eigenvalue weighted by Gasteiger charge is 2.13. The van der Waals surface area contributed by atoms with Crippen molar-refractivity contribution in [1.29, 1.82) is 0 Å². The molecule has 0 radical (unpaired) electrons. The molecule has 2 aromatic rings. The molecule has 0 spiro atoms. The molecule has 1 atom stereocenters. The largest absolute Gasteiger partial charge is 0.317 e. The van der Waals surface area contributed by atoms with Crippen LogP contribution in [0.25, 0.3) is 0 Å². The van der Waals surface area contributed by atoms with Crippen molar-refractivity contribution < 1.29 is 5.21 Å². The number of pyridine rings is 1. The molecule has 1 unspecified atom stereocenters. The summed E-state index contributed by atoms with van der Waals surface area (Å²) in [5.41, 5.74) is 4.87. The van der Waals surface area contributed by atoms with Crippen molar-refractivity contribution >= 4 is 0 Å². The average molecular weight is 284 g/mol. The minimum Gasteiger partial charge on any atom is -0.317 e. The number of nitrogens with one attached hydrogen (secondary N) is 1. The molecule has 0 saturated carbocycles. The molecule has 0 fully saturated rings. The molecule has 0 saturated heterocycles. The molecule has 0 amide bonds. The van der Waals surface area contributed by atoms with Crippen LogP contribution in [0.3, 0.4) is 0 Å². The molecule has 0 aliphatic carbocycles. The fraction of sp³-hybridized carbons (Fsp3) is 0.389. The lowest BCUT2D eigenvalue weighted by Crippen LogP contribution is -2.08. The van der Waals surface area contributed by atoms with Crippen molar-refractivity contribution in [2.75, 3.05) is 6.54 Å². The summed E-state index contributed by atoms with van der Waals surface area (Å²) in [6, 6.07) is 14.8. The van der Waals surface area contributed by atoms with Gasteiger partial charge >= 0.3 is 0 Å². The Morgan fingerprint density at radius 1 is 0.905 bits per heavy atom. The van der Waals surface area contributed by atoms with Crippen LogP contribution >= 0.6 is 0 Å². The molecule has 112 valence electrons. The number of unbranched alkanes of at least 4 members (excludes halogenated alkanes) is 3. The van der Waals surface area contributed by atoms with Crippen LogP contribution < -0.4 is 5.48 Å². The zero-order chi connectivity index (χ0) is 14.8. The van der Waals surface area contributed by atoms with E-state index in [1.54, 1.807) is 0 Å². The summed E-state index contributed by atoms with van der Waals surface area (Å²) in [7, 11) is 0. The summed E-state index contributed by atoms with van der Waals surface area (Å²) in [6.07, 6.45) is 9.52. The Kier molecular flexibility index (Phi) is 6.92. The van der Waals surface area contributed by atoms with Gasteiger partial charge in [0, 0.05) is 24.9 Å². The number of hydrogen-bond acceptors (Lipinski definition) is 3. The average Bonchev–Trinajstić information content (AvgIpc) is 2.56. The van der Waals surface area contributed by atoms with Crippen LogP contribution in [0.15, 0.2) is 54.9 Å². The highest BCUT2D eigenvalue weighted by Crippen LogP contribution is 2.29. The summed E-state index contributed by atoms with van der Waals surface area (Å²) in [5.74, 6) is 0.427. The van der Waals surface area contributed by atoms with Gasteiger partial charge in [0.15, 0.2) is 0 Å². The van der Waals surface area contributed by atoms with E-state index in [9.17, 15) is 0 Å². The predicted octanol–water partition coefficient (Wildman–Crippen LogP) is 4.14. The molecule has 21 heavy (non-hydrogen) atoms. The first-order valence-corrected chi connectivity index (χ1v) is 7.73. The molecule has 1 aromatic carbocycles. The van der Waals surface area contributed by atoms with Gasteiger partial charge in [-0.05, 0) is 30.0 Å². The number of hydroxylamine groups is 1. The molecular formula is C18H24N2O. The Morgan fingerprint density at radius 3 is 2.38 bits per heavy atom. The van der Waals surface area contributed by atoms with E-state index in [0.717, 1.165) is 19.3 Å². The van der Waals surface area contributed by atoms with Crippen molar-refractivity contribution in [1.82, 2.24) is 10.5 Å². The Morgan fingerprint density at radius 2 is 1.67 bits per heavy atom. The number of aromatic nitrogens is 1. The zero-order valence-corrected chi connectivity index (χ0v) is 12.4. The minimum absolute atomic E-state index is 0.427.